The highest BCUT2D eigenvalue weighted by Crippen LogP contribution is 2.09. The third-order valence-electron chi connectivity index (χ3n) is 2.62. The molecule has 0 aromatic heterocycles. The van der Waals surface area contributed by atoms with E-state index in [1.807, 2.05) is 6.07 Å². The number of nitrogen functional groups attached to an aromatic ring is 1. The number of carbonyl (C=O) groups is 1. The van der Waals surface area contributed by atoms with E-state index in [4.69, 9.17) is 11.0 Å². The molecule has 0 saturated carbocycles. The Morgan fingerprint density at radius 2 is 1.90 bits per heavy atom. The maximum Gasteiger partial charge on any atom is 0.273 e. The third kappa shape index (κ3) is 3.21. The third-order valence-corrected chi connectivity index (χ3v) is 2.62. The van der Waals surface area contributed by atoms with E-state index in [1.54, 1.807) is 48.5 Å². The minimum Gasteiger partial charge on any atom is -0.398 e. The molecule has 98 valence electrons. The highest BCUT2D eigenvalue weighted by molar-refractivity contribution is 5.99. The number of rotatable bonds is 3. The number of nitriles is 1. The van der Waals surface area contributed by atoms with E-state index in [0.29, 0.717) is 16.8 Å². The van der Waals surface area contributed by atoms with E-state index >= 15 is 0 Å². The summed E-state index contributed by atoms with van der Waals surface area (Å²) in [5, 5.41) is 12.5. The topological polar surface area (TPSA) is 91.3 Å². The molecule has 0 fully saturated rings. The predicted octanol–water partition coefficient (Wildman–Crippen LogP) is 1.90. The van der Waals surface area contributed by atoms with Crippen molar-refractivity contribution in [1.82, 2.24) is 5.43 Å². The standard InChI is InChI=1S/C15H12N4O/c16-9-11-5-7-12(8-6-11)10-18-19-15(20)13-3-1-2-4-14(13)17/h1-8,10H,17H2,(H,19,20)/b18-10+. The number of hydrogen-bond donors (Lipinski definition) is 2. The molecule has 2 rings (SSSR count). The van der Waals surface area contributed by atoms with Gasteiger partial charge in [0, 0.05) is 5.69 Å². The minimum absolute atomic E-state index is 0.368. The van der Waals surface area contributed by atoms with E-state index in [0.717, 1.165) is 5.56 Å². The zero-order chi connectivity index (χ0) is 14.4. The van der Waals surface area contributed by atoms with Crippen molar-refractivity contribution in [3.63, 3.8) is 0 Å². The summed E-state index contributed by atoms with van der Waals surface area (Å²) in [6.45, 7) is 0. The Kier molecular flexibility index (Phi) is 4.10. The molecule has 0 saturated heterocycles. The summed E-state index contributed by atoms with van der Waals surface area (Å²) in [5.41, 5.74) is 10.2. The Labute approximate surface area is 116 Å². The molecule has 0 spiro atoms. The van der Waals surface area contributed by atoms with Gasteiger partial charge in [-0.2, -0.15) is 10.4 Å². The Bertz CT molecular complexity index is 684. The number of hydrazone groups is 1. The van der Waals surface area contributed by atoms with Crippen LogP contribution < -0.4 is 11.2 Å². The molecule has 0 bridgehead atoms. The fourth-order valence-corrected chi connectivity index (χ4v) is 1.57. The maximum absolute atomic E-state index is 11.8. The molecule has 0 aliphatic rings. The number of nitrogens with one attached hydrogen (secondary N) is 1. The van der Waals surface area contributed by atoms with Crippen molar-refractivity contribution in [3.8, 4) is 6.07 Å². The molecule has 5 nitrogen and oxygen atoms in total. The van der Waals surface area contributed by atoms with Gasteiger partial charge in [0.25, 0.3) is 5.91 Å². The summed E-state index contributed by atoms with van der Waals surface area (Å²) in [4.78, 5) is 11.8. The summed E-state index contributed by atoms with van der Waals surface area (Å²) in [5.74, 6) is -0.368. The first-order chi connectivity index (χ1) is 9.70. The van der Waals surface area contributed by atoms with Gasteiger partial charge in [0.2, 0.25) is 0 Å². The zero-order valence-electron chi connectivity index (χ0n) is 10.6. The maximum atomic E-state index is 11.8. The second-order valence-corrected chi connectivity index (χ2v) is 4.02. The van der Waals surface area contributed by atoms with E-state index in [-0.39, 0.29) is 5.91 Å². The molecule has 2 aromatic carbocycles. The van der Waals surface area contributed by atoms with Gasteiger partial charge in [0.05, 0.1) is 23.4 Å². The SMILES string of the molecule is N#Cc1ccc(/C=N/NC(=O)c2ccccc2N)cc1. The molecule has 0 radical (unpaired) electrons. The number of nitrogens with zero attached hydrogens (tertiary/aromatic N) is 2. The van der Waals surface area contributed by atoms with Crippen molar-refractivity contribution in [2.24, 2.45) is 5.10 Å². The van der Waals surface area contributed by atoms with Gasteiger partial charge in [-0.3, -0.25) is 4.79 Å². The summed E-state index contributed by atoms with van der Waals surface area (Å²) in [7, 11) is 0. The molecule has 2 aromatic rings. The summed E-state index contributed by atoms with van der Waals surface area (Å²) in [6, 6.07) is 15.6. The van der Waals surface area contributed by atoms with Crippen molar-refractivity contribution >= 4 is 17.8 Å². The van der Waals surface area contributed by atoms with Gasteiger partial charge < -0.3 is 5.73 Å². The van der Waals surface area contributed by atoms with Crippen LogP contribution in [0.25, 0.3) is 0 Å². The monoisotopic (exact) mass is 264 g/mol. The second-order valence-electron chi connectivity index (χ2n) is 4.02. The predicted molar refractivity (Wildman–Crippen MR) is 77.1 cm³/mol. The molecular weight excluding hydrogens is 252 g/mol. The molecule has 5 heteroatoms. The van der Waals surface area contributed by atoms with Crippen LogP contribution in [0.2, 0.25) is 0 Å². The number of hydrogen-bond acceptors (Lipinski definition) is 4. The van der Waals surface area contributed by atoms with Gasteiger partial charge in [-0.15, -0.1) is 0 Å². The van der Waals surface area contributed by atoms with E-state index in [2.05, 4.69) is 10.5 Å². The van der Waals surface area contributed by atoms with Gasteiger partial charge in [0.1, 0.15) is 0 Å². The molecule has 0 atom stereocenters. The quantitative estimate of drug-likeness (QED) is 0.504. The molecule has 0 aliphatic heterocycles. The van der Waals surface area contributed by atoms with Gasteiger partial charge in [-0.1, -0.05) is 24.3 Å². The van der Waals surface area contributed by atoms with Crippen molar-refractivity contribution in [2.45, 2.75) is 0 Å². The number of para-hydroxylation sites is 1. The highest BCUT2D eigenvalue weighted by Gasteiger charge is 2.06. The molecule has 0 heterocycles. The Balaban J connectivity index is 2.01. The average molecular weight is 264 g/mol. The van der Waals surface area contributed by atoms with Gasteiger partial charge in [0.15, 0.2) is 0 Å². The van der Waals surface area contributed by atoms with Crippen LogP contribution in [0.5, 0.6) is 0 Å². The minimum atomic E-state index is -0.368. The Morgan fingerprint density at radius 1 is 1.20 bits per heavy atom. The van der Waals surface area contributed by atoms with E-state index in [9.17, 15) is 4.79 Å². The fraction of sp³-hybridized carbons (Fsp3) is 0. The van der Waals surface area contributed by atoms with Crippen LogP contribution in [-0.4, -0.2) is 12.1 Å². The molecule has 0 unspecified atom stereocenters. The van der Waals surface area contributed by atoms with Crippen LogP contribution in [0.1, 0.15) is 21.5 Å². The van der Waals surface area contributed by atoms with Crippen molar-refractivity contribution in [3.05, 3.63) is 65.2 Å². The van der Waals surface area contributed by atoms with Crippen molar-refractivity contribution in [2.75, 3.05) is 5.73 Å². The number of anilines is 1. The molecule has 3 N–H and O–H groups in total. The zero-order valence-corrected chi connectivity index (χ0v) is 10.6. The first-order valence-corrected chi connectivity index (χ1v) is 5.89. The fourth-order valence-electron chi connectivity index (χ4n) is 1.57. The first-order valence-electron chi connectivity index (χ1n) is 5.89. The first kappa shape index (κ1) is 13.3. The second kappa shape index (κ2) is 6.16. The smallest absolute Gasteiger partial charge is 0.273 e. The van der Waals surface area contributed by atoms with Crippen LogP contribution in [0.4, 0.5) is 5.69 Å². The van der Waals surface area contributed by atoms with Crippen LogP contribution >= 0.6 is 0 Å². The highest BCUT2D eigenvalue weighted by atomic mass is 16.2. The molecule has 0 aliphatic carbocycles. The lowest BCUT2D eigenvalue weighted by Gasteiger charge is -2.02. The lowest BCUT2D eigenvalue weighted by Crippen LogP contribution is -2.18. The molecule has 20 heavy (non-hydrogen) atoms. The van der Waals surface area contributed by atoms with E-state index in [1.165, 1.54) is 6.21 Å². The van der Waals surface area contributed by atoms with Crippen molar-refractivity contribution < 1.29 is 4.79 Å². The molecular formula is C15H12N4O. The number of amides is 1. The van der Waals surface area contributed by atoms with Crippen molar-refractivity contribution in [1.29, 1.82) is 5.26 Å². The van der Waals surface area contributed by atoms with E-state index < -0.39 is 0 Å². The van der Waals surface area contributed by atoms with Crippen LogP contribution in [-0.2, 0) is 0 Å². The summed E-state index contributed by atoms with van der Waals surface area (Å²) < 4.78 is 0. The largest absolute Gasteiger partial charge is 0.398 e. The summed E-state index contributed by atoms with van der Waals surface area (Å²) in [6.07, 6.45) is 1.50. The average Bonchev–Trinajstić information content (AvgIpc) is 2.48. The van der Waals surface area contributed by atoms with Gasteiger partial charge >= 0.3 is 0 Å². The van der Waals surface area contributed by atoms with Gasteiger partial charge in [-0.05, 0) is 29.8 Å². The molecule has 1 amide bonds. The number of benzene rings is 2. The lowest BCUT2D eigenvalue weighted by molar-refractivity contribution is 0.0956. The number of nitrogens with two attached hydrogens (primary N) is 1. The summed E-state index contributed by atoms with van der Waals surface area (Å²) >= 11 is 0. The number of carbonyl (C=O) groups excluding carboxylic acids is 1. The normalized spacial score (nSPS) is 10.2. The Hall–Kier alpha value is -3.13. The van der Waals surface area contributed by atoms with Crippen LogP contribution in [0.15, 0.2) is 53.6 Å². The van der Waals surface area contributed by atoms with Crippen LogP contribution in [0.3, 0.4) is 0 Å². The van der Waals surface area contributed by atoms with Gasteiger partial charge in [-0.25, -0.2) is 5.43 Å². The lowest BCUT2D eigenvalue weighted by atomic mass is 10.2. The van der Waals surface area contributed by atoms with Crippen LogP contribution in [0, 0.1) is 11.3 Å². The Morgan fingerprint density at radius 3 is 2.55 bits per heavy atom.